The first-order valence-corrected chi connectivity index (χ1v) is 9.73. The molecule has 0 aliphatic carbocycles. The topological polar surface area (TPSA) is 86.0 Å². The molecule has 0 atom stereocenters. The van der Waals surface area contributed by atoms with E-state index in [1.807, 2.05) is 10.9 Å². The molecule has 3 aromatic heterocycles. The van der Waals surface area contributed by atoms with Gasteiger partial charge in [-0.25, -0.2) is 14.4 Å². The Labute approximate surface area is 171 Å². The molecule has 0 bridgehead atoms. The second-order valence-corrected chi connectivity index (χ2v) is 7.63. The monoisotopic (exact) mass is 410 g/mol. The molecule has 7 nitrogen and oxygen atoms in total. The number of hydrogen-bond acceptors (Lipinski definition) is 6. The molecule has 0 unspecified atom stereocenters. The first-order chi connectivity index (χ1) is 14.5. The number of rotatable bonds is 3. The fourth-order valence-electron chi connectivity index (χ4n) is 3.80. The molecule has 0 radical (unpaired) electrons. The first kappa shape index (κ1) is 18.7. The summed E-state index contributed by atoms with van der Waals surface area (Å²) in [6.45, 7) is 2.09. The van der Waals surface area contributed by atoms with E-state index in [9.17, 15) is 8.78 Å². The van der Waals surface area contributed by atoms with E-state index in [0.717, 1.165) is 43.1 Å². The highest BCUT2D eigenvalue weighted by atomic mass is 19.2. The number of halogens is 2. The lowest BCUT2D eigenvalue weighted by Crippen LogP contribution is -2.31. The van der Waals surface area contributed by atoms with Crippen molar-refractivity contribution in [3.05, 3.63) is 48.4 Å². The minimum atomic E-state index is -1.08. The van der Waals surface area contributed by atoms with Crippen LogP contribution in [-0.4, -0.2) is 44.8 Å². The summed E-state index contributed by atoms with van der Waals surface area (Å²) in [7, 11) is 2.12. The van der Waals surface area contributed by atoms with E-state index in [0.29, 0.717) is 11.6 Å². The summed E-state index contributed by atoms with van der Waals surface area (Å²) in [5, 5.41) is 4.53. The summed E-state index contributed by atoms with van der Waals surface area (Å²) in [5.74, 6) is -1.79. The highest BCUT2D eigenvalue weighted by Crippen LogP contribution is 2.33. The Morgan fingerprint density at radius 2 is 1.93 bits per heavy atom. The molecule has 1 aromatic carbocycles. The number of fused-ring (bicyclic) bond motifs is 1. The van der Waals surface area contributed by atoms with Crippen LogP contribution >= 0.6 is 0 Å². The van der Waals surface area contributed by atoms with Gasteiger partial charge in [-0.3, -0.25) is 4.68 Å². The van der Waals surface area contributed by atoms with Crippen molar-refractivity contribution < 1.29 is 13.2 Å². The molecule has 9 heteroatoms. The van der Waals surface area contributed by atoms with E-state index in [1.165, 1.54) is 6.07 Å². The standard InChI is InChI=1S/C21H20F2N6O/c1-28-6-4-14(5-7-28)29-11-13(10-26-29)12-8-15(20(24)25-9-12)21-27-17-3-2-16(22)18(23)19(17)30-21/h2-3,8-11,14H,4-7H2,1H3,(H2,24,25). The first-order valence-electron chi connectivity index (χ1n) is 9.73. The lowest BCUT2D eigenvalue weighted by Gasteiger charge is -2.28. The van der Waals surface area contributed by atoms with Crippen molar-refractivity contribution in [1.29, 1.82) is 0 Å². The number of nitrogen functional groups attached to an aromatic ring is 1. The predicted octanol–water partition coefficient (Wildman–Crippen LogP) is 3.88. The maximum atomic E-state index is 14.0. The summed E-state index contributed by atoms with van der Waals surface area (Å²) in [4.78, 5) is 10.8. The van der Waals surface area contributed by atoms with Crippen LogP contribution in [0.5, 0.6) is 0 Å². The molecule has 154 valence electrons. The lowest BCUT2D eigenvalue weighted by molar-refractivity contribution is 0.212. The fraction of sp³-hybridized carbons (Fsp3) is 0.286. The molecule has 2 N–H and O–H groups in total. The number of benzene rings is 1. The summed E-state index contributed by atoms with van der Waals surface area (Å²) in [6, 6.07) is 4.52. The normalized spacial score (nSPS) is 15.8. The molecule has 4 aromatic rings. The van der Waals surface area contributed by atoms with Gasteiger partial charge in [0, 0.05) is 23.5 Å². The van der Waals surface area contributed by atoms with Crippen molar-refractivity contribution in [1.82, 2.24) is 24.6 Å². The van der Waals surface area contributed by atoms with Gasteiger partial charge in [0.1, 0.15) is 11.3 Å². The Hall–Kier alpha value is -3.33. The van der Waals surface area contributed by atoms with Crippen LogP contribution in [0.4, 0.5) is 14.6 Å². The van der Waals surface area contributed by atoms with E-state index in [-0.39, 0.29) is 22.8 Å². The second-order valence-electron chi connectivity index (χ2n) is 7.63. The van der Waals surface area contributed by atoms with Crippen molar-refractivity contribution in [3.8, 4) is 22.6 Å². The van der Waals surface area contributed by atoms with E-state index in [4.69, 9.17) is 10.2 Å². The Bertz CT molecular complexity index is 1230. The number of piperidine rings is 1. The number of oxazole rings is 1. The number of hydrogen-bond donors (Lipinski definition) is 1. The summed E-state index contributed by atoms with van der Waals surface area (Å²) in [6.07, 6.45) is 7.53. The van der Waals surface area contributed by atoms with E-state index in [1.54, 1.807) is 18.5 Å². The van der Waals surface area contributed by atoms with Gasteiger partial charge >= 0.3 is 0 Å². The predicted molar refractivity (Wildman–Crippen MR) is 109 cm³/mol. The molecule has 1 saturated heterocycles. The second kappa shape index (κ2) is 7.17. The Kier molecular flexibility index (Phi) is 4.47. The van der Waals surface area contributed by atoms with E-state index < -0.39 is 11.6 Å². The third-order valence-electron chi connectivity index (χ3n) is 5.60. The van der Waals surface area contributed by atoms with Crippen LogP contribution in [-0.2, 0) is 0 Å². The van der Waals surface area contributed by atoms with Crippen LogP contribution in [0.1, 0.15) is 18.9 Å². The van der Waals surface area contributed by atoms with Crippen LogP contribution in [0.25, 0.3) is 33.7 Å². The lowest BCUT2D eigenvalue weighted by atomic mass is 10.1. The SMILES string of the molecule is CN1CCC(n2cc(-c3cnc(N)c(-c4nc5ccc(F)c(F)c5o4)c3)cn2)CC1. The van der Waals surface area contributed by atoms with Crippen molar-refractivity contribution in [2.45, 2.75) is 18.9 Å². The Morgan fingerprint density at radius 1 is 1.13 bits per heavy atom. The Morgan fingerprint density at radius 3 is 2.73 bits per heavy atom. The highest BCUT2D eigenvalue weighted by Gasteiger charge is 2.21. The van der Waals surface area contributed by atoms with Gasteiger partial charge in [-0.2, -0.15) is 9.49 Å². The van der Waals surface area contributed by atoms with Crippen LogP contribution in [0.2, 0.25) is 0 Å². The zero-order valence-electron chi connectivity index (χ0n) is 16.3. The molecular weight excluding hydrogens is 390 g/mol. The van der Waals surface area contributed by atoms with Crippen LogP contribution in [0, 0.1) is 11.6 Å². The summed E-state index contributed by atoms with van der Waals surface area (Å²) < 4.78 is 35.0. The third kappa shape index (κ3) is 3.21. The number of nitrogens with zero attached hydrogens (tertiary/aromatic N) is 5. The zero-order valence-corrected chi connectivity index (χ0v) is 16.3. The molecule has 0 amide bonds. The third-order valence-corrected chi connectivity index (χ3v) is 5.60. The number of nitrogens with two attached hydrogens (primary N) is 1. The van der Waals surface area contributed by atoms with Crippen LogP contribution < -0.4 is 5.73 Å². The van der Waals surface area contributed by atoms with Crippen molar-refractivity contribution >= 4 is 16.9 Å². The van der Waals surface area contributed by atoms with Crippen molar-refractivity contribution in [2.24, 2.45) is 0 Å². The molecule has 0 saturated carbocycles. The molecule has 4 heterocycles. The molecule has 0 spiro atoms. The number of aromatic nitrogens is 4. The van der Waals surface area contributed by atoms with Gasteiger partial charge in [0.25, 0.3) is 0 Å². The molecule has 1 aliphatic heterocycles. The molecule has 5 rings (SSSR count). The van der Waals surface area contributed by atoms with Gasteiger partial charge in [0.2, 0.25) is 11.7 Å². The fourth-order valence-corrected chi connectivity index (χ4v) is 3.80. The van der Waals surface area contributed by atoms with Crippen molar-refractivity contribution in [2.75, 3.05) is 25.9 Å². The van der Waals surface area contributed by atoms with Crippen LogP contribution in [0.3, 0.4) is 0 Å². The highest BCUT2D eigenvalue weighted by molar-refractivity contribution is 5.81. The average molecular weight is 410 g/mol. The van der Waals surface area contributed by atoms with E-state index >= 15 is 0 Å². The average Bonchev–Trinajstić information content (AvgIpc) is 3.40. The maximum Gasteiger partial charge on any atom is 0.231 e. The molecule has 30 heavy (non-hydrogen) atoms. The summed E-state index contributed by atoms with van der Waals surface area (Å²) in [5.41, 5.74) is 8.07. The van der Waals surface area contributed by atoms with Gasteiger partial charge in [0.15, 0.2) is 11.4 Å². The summed E-state index contributed by atoms with van der Waals surface area (Å²) >= 11 is 0. The van der Waals surface area contributed by atoms with Gasteiger partial charge in [-0.15, -0.1) is 0 Å². The minimum absolute atomic E-state index is 0.0871. The number of likely N-dealkylation sites (tertiary alicyclic amines) is 1. The van der Waals surface area contributed by atoms with Gasteiger partial charge in [-0.1, -0.05) is 0 Å². The molecule has 1 aliphatic rings. The number of anilines is 1. The molecule has 1 fully saturated rings. The van der Waals surface area contributed by atoms with Crippen molar-refractivity contribution in [3.63, 3.8) is 0 Å². The van der Waals surface area contributed by atoms with Gasteiger partial charge in [0.05, 0.1) is 17.8 Å². The largest absolute Gasteiger partial charge is 0.433 e. The zero-order chi connectivity index (χ0) is 20.8. The Balaban J connectivity index is 1.49. The molecular formula is C21H20F2N6O. The maximum absolute atomic E-state index is 14.0. The van der Waals surface area contributed by atoms with E-state index in [2.05, 4.69) is 27.0 Å². The smallest absolute Gasteiger partial charge is 0.231 e. The van der Waals surface area contributed by atoms with Gasteiger partial charge in [-0.05, 0) is 51.2 Å². The minimum Gasteiger partial charge on any atom is -0.433 e. The van der Waals surface area contributed by atoms with Crippen LogP contribution in [0.15, 0.2) is 41.2 Å². The number of pyridine rings is 1. The van der Waals surface area contributed by atoms with Gasteiger partial charge < -0.3 is 15.1 Å². The quantitative estimate of drug-likeness (QED) is 0.552.